The van der Waals surface area contributed by atoms with Gasteiger partial charge >= 0.3 is 0 Å². The molecule has 26 heavy (non-hydrogen) atoms. The van der Waals surface area contributed by atoms with Gasteiger partial charge in [-0.05, 0) is 43.5 Å². The first kappa shape index (κ1) is 16.4. The molecule has 0 unspecified atom stereocenters. The molecule has 6 heteroatoms. The van der Waals surface area contributed by atoms with Crippen molar-refractivity contribution in [2.75, 3.05) is 10.6 Å². The van der Waals surface area contributed by atoms with E-state index in [1.165, 1.54) is 0 Å². The maximum Gasteiger partial charge on any atom is 0.265 e. The molecule has 0 aromatic heterocycles. The zero-order valence-corrected chi connectivity index (χ0v) is 14.5. The number of carbonyl (C=O) groups excluding carboxylic acids is 2. The first-order valence-electron chi connectivity index (χ1n) is 8.83. The predicted molar refractivity (Wildman–Crippen MR) is 99.1 cm³/mol. The van der Waals surface area contributed by atoms with Gasteiger partial charge in [-0.2, -0.15) is 0 Å². The number of rotatable bonds is 5. The van der Waals surface area contributed by atoms with E-state index in [4.69, 9.17) is 4.74 Å². The molecule has 0 spiro atoms. The molecule has 2 aliphatic rings. The van der Waals surface area contributed by atoms with Crippen LogP contribution in [0.15, 0.2) is 48.5 Å². The number of benzene rings is 2. The number of fused-ring (bicyclic) bond motifs is 1. The van der Waals surface area contributed by atoms with Gasteiger partial charge in [0.1, 0.15) is 11.8 Å². The Bertz CT molecular complexity index is 833. The van der Waals surface area contributed by atoms with Gasteiger partial charge in [0.05, 0.1) is 5.69 Å². The number of amides is 2. The molecular weight excluding hydrogens is 330 g/mol. The highest BCUT2D eigenvalue weighted by Gasteiger charge is 2.29. The van der Waals surface area contributed by atoms with Gasteiger partial charge < -0.3 is 20.7 Å². The van der Waals surface area contributed by atoms with Crippen molar-refractivity contribution in [1.29, 1.82) is 0 Å². The average Bonchev–Trinajstić information content (AvgIpc) is 3.45. The van der Waals surface area contributed by atoms with Gasteiger partial charge in [0.25, 0.3) is 5.91 Å². The predicted octanol–water partition coefficient (Wildman–Crippen LogP) is 2.84. The number of hydrogen-bond donors (Lipinski definition) is 3. The number of carbonyl (C=O) groups is 2. The fraction of sp³-hybridized carbons (Fsp3) is 0.300. The molecule has 2 amide bonds. The minimum Gasteiger partial charge on any atom is -0.479 e. The van der Waals surface area contributed by atoms with Gasteiger partial charge in [0.2, 0.25) is 5.91 Å². The Morgan fingerprint density at radius 3 is 2.69 bits per heavy atom. The standard InChI is InChI=1S/C20H21N3O3/c1-12-19(24)23-16-11-15(9-10-17(16)26-12)21-18(13-5-3-2-4-6-13)20(25)22-14-7-8-14/h2-6,9-12,14,18,21H,7-8H2,1H3,(H,22,25)(H,23,24)/t12-,18-/m0/s1. The fourth-order valence-electron chi connectivity index (χ4n) is 2.92. The third-order valence-corrected chi connectivity index (χ3v) is 4.54. The van der Waals surface area contributed by atoms with E-state index >= 15 is 0 Å². The molecule has 4 rings (SSSR count). The number of ether oxygens (including phenoxy) is 1. The Balaban J connectivity index is 1.58. The lowest BCUT2D eigenvalue weighted by Gasteiger charge is -2.25. The Morgan fingerprint density at radius 2 is 1.96 bits per heavy atom. The summed E-state index contributed by atoms with van der Waals surface area (Å²) in [7, 11) is 0. The van der Waals surface area contributed by atoms with Crippen molar-refractivity contribution in [3.8, 4) is 5.75 Å². The summed E-state index contributed by atoms with van der Waals surface area (Å²) >= 11 is 0. The van der Waals surface area contributed by atoms with E-state index in [2.05, 4.69) is 16.0 Å². The molecule has 1 heterocycles. The zero-order chi connectivity index (χ0) is 18.1. The van der Waals surface area contributed by atoms with Crippen LogP contribution in [0, 0.1) is 0 Å². The maximum absolute atomic E-state index is 12.7. The highest BCUT2D eigenvalue weighted by molar-refractivity contribution is 5.98. The number of nitrogens with one attached hydrogen (secondary N) is 3. The first-order chi connectivity index (χ1) is 12.6. The minimum absolute atomic E-state index is 0.0506. The van der Waals surface area contributed by atoms with Crippen LogP contribution in [0.4, 0.5) is 11.4 Å². The van der Waals surface area contributed by atoms with Crippen molar-refractivity contribution in [2.24, 2.45) is 0 Å². The third-order valence-electron chi connectivity index (χ3n) is 4.54. The highest BCUT2D eigenvalue weighted by Crippen LogP contribution is 2.33. The molecule has 3 N–H and O–H groups in total. The van der Waals surface area contributed by atoms with Gasteiger partial charge in [0, 0.05) is 11.7 Å². The highest BCUT2D eigenvalue weighted by atomic mass is 16.5. The number of hydrogen-bond acceptors (Lipinski definition) is 4. The Morgan fingerprint density at radius 1 is 1.19 bits per heavy atom. The Kier molecular flexibility index (Phi) is 4.24. The molecule has 6 nitrogen and oxygen atoms in total. The molecule has 1 saturated carbocycles. The van der Waals surface area contributed by atoms with Crippen LogP contribution in [0.1, 0.15) is 31.4 Å². The van der Waals surface area contributed by atoms with E-state index in [0.717, 1.165) is 24.1 Å². The van der Waals surface area contributed by atoms with Crippen LogP contribution in [-0.4, -0.2) is 24.0 Å². The van der Waals surface area contributed by atoms with E-state index in [1.54, 1.807) is 19.1 Å². The number of anilines is 2. The van der Waals surface area contributed by atoms with Crippen LogP contribution in [0.5, 0.6) is 5.75 Å². The molecule has 1 aliphatic heterocycles. The van der Waals surface area contributed by atoms with Crippen LogP contribution in [0.3, 0.4) is 0 Å². The summed E-state index contributed by atoms with van der Waals surface area (Å²) in [5.74, 6) is 0.396. The summed E-state index contributed by atoms with van der Waals surface area (Å²) in [6.07, 6.45) is 1.56. The molecule has 1 aliphatic carbocycles. The molecule has 0 saturated heterocycles. The summed E-state index contributed by atoms with van der Waals surface area (Å²) < 4.78 is 5.58. The van der Waals surface area contributed by atoms with Crippen LogP contribution >= 0.6 is 0 Å². The zero-order valence-electron chi connectivity index (χ0n) is 14.5. The molecule has 0 radical (unpaired) electrons. The van der Waals surface area contributed by atoms with Crippen LogP contribution in [0.25, 0.3) is 0 Å². The second-order valence-corrected chi connectivity index (χ2v) is 6.73. The van der Waals surface area contributed by atoms with E-state index in [9.17, 15) is 9.59 Å². The summed E-state index contributed by atoms with van der Waals surface area (Å²) in [5, 5.41) is 9.17. The Labute approximate surface area is 151 Å². The van der Waals surface area contributed by atoms with E-state index in [1.807, 2.05) is 36.4 Å². The van der Waals surface area contributed by atoms with Crippen LogP contribution in [-0.2, 0) is 9.59 Å². The van der Waals surface area contributed by atoms with Crippen LogP contribution in [0.2, 0.25) is 0 Å². The van der Waals surface area contributed by atoms with Crippen molar-refractivity contribution in [1.82, 2.24) is 5.32 Å². The lowest BCUT2D eigenvalue weighted by atomic mass is 10.1. The fourth-order valence-corrected chi connectivity index (χ4v) is 2.92. The largest absolute Gasteiger partial charge is 0.479 e. The van der Waals surface area contributed by atoms with E-state index < -0.39 is 12.1 Å². The van der Waals surface area contributed by atoms with Gasteiger partial charge in [-0.1, -0.05) is 30.3 Å². The van der Waals surface area contributed by atoms with E-state index in [-0.39, 0.29) is 17.9 Å². The lowest BCUT2D eigenvalue weighted by molar-refractivity contribution is -0.123. The SMILES string of the molecule is C[C@@H]1Oc2ccc(N[C@H](C(=O)NC3CC3)c3ccccc3)cc2NC1=O. The van der Waals surface area contributed by atoms with Crippen molar-refractivity contribution in [2.45, 2.75) is 38.0 Å². The first-order valence-corrected chi connectivity index (χ1v) is 8.83. The molecular formula is C20H21N3O3. The van der Waals surface area contributed by atoms with Crippen molar-refractivity contribution >= 4 is 23.2 Å². The van der Waals surface area contributed by atoms with Crippen molar-refractivity contribution in [3.05, 3.63) is 54.1 Å². The van der Waals surface area contributed by atoms with E-state index in [0.29, 0.717) is 11.4 Å². The minimum atomic E-state index is -0.511. The molecule has 2 aromatic rings. The second kappa shape index (κ2) is 6.71. The smallest absolute Gasteiger partial charge is 0.265 e. The maximum atomic E-state index is 12.7. The monoisotopic (exact) mass is 351 g/mol. The topological polar surface area (TPSA) is 79.5 Å². The summed E-state index contributed by atoms with van der Waals surface area (Å²) in [4.78, 5) is 24.5. The summed E-state index contributed by atoms with van der Waals surface area (Å²) in [5.41, 5.74) is 2.23. The second-order valence-electron chi connectivity index (χ2n) is 6.73. The summed E-state index contributed by atoms with van der Waals surface area (Å²) in [6.45, 7) is 1.71. The van der Waals surface area contributed by atoms with Gasteiger partial charge in [-0.3, -0.25) is 9.59 Å². The lowest BCUT2D eigenvalue weighted by Crippen LogP contribution is -2.35. The molecule has 0 bridgehead atoms. The van der Waals surface area contributed by atoms with Crippen LogP contribution < -0.4 is 20.7 Å². The normalized spacial score (nSPS) is 19.6. The molecule has 1 fully saturated rings. The van der Waals surface area contributed by atoms with Crippen molar-refractivity contribution in [3.63, 3.8) is 0 Å². The quantitative estimate of drug-likeness (QED) is 0.774. The molecule has 134 valence electrons. The summed E-state index contributed by atoms with van der Waals surface area (Å²) in [6, 6.07) is 14.8. The Hall–Kier alpha value is -3.02. The van der Waals surface area contributed by atoms with Crippen molar-refractivity contribution < 1.29 is 14.3 Å². The van der Waals surface area contributed by atoms with Gasteiger partial charge in [-0.25, -0.2) is 0 Å². The van der Waals surface area contributed by atoms with Gasteiger partial charge in [0.15, 0.2) is 6.10 Å². The third kappa shape index (κ3) is 3.49. The van der Waals surface area contributed by atoms with Gasteiger partial charge in [-0.15, -0.1) is 0 Å². The molecule has 2 atom stereocenters. The molecule has 2 aromatic carbocycles. The average molecular weight is 351 g/mol.